The molecule has 2 N–H and O–H groups in total. The van der Waals surface area contributed by atoms with Gasteiger partial charge in [-0.15, -0.1) is 0 Å². The Morgan fingerprint density at radius 3 is 2.59 bits per heavy atom. The van der Waals surface area contributed by atoms with Crippen LogP contribution in [0.25, 0.3) is 0 Å². The van der Waals surface area contributed by atoms with E-state index in [0.717, 1.165) is 17.4 Å². The number of carbonyl (C=O) groups excluding carboxylic acids is 1. The van der Waals surface area contributed by atoms with Crippen LogP contribution in [-0.2, 0) is 22.6 Å². The average molecular weight is 406 g/mol. The van der Waals surface area contributed by atoms with E-state index in [0.29, 0.717) is 44.3 Å². The number of esters is 1. The highest BCUT2D eigenvalue weighted by atomic mass is 16.5. The van der Waals surface area contributed by atoms with E-state index in [1.54, 1.807) is 6.07 Å². The Morgan fingerprint density at radius 2 is 1.93 bits per heavy atom. The van der Waals surface area contributed by atoms with Gasteiger partial charge in [-0.05, 0) is 18.6 Å². The molecular formula is C19H26N4O6. The summed E-state index contributed by atoms with van der Waals surface area (Å²) in [5, 5.41) is 0. The maximum absolute atomic E-state index is 13.2. The highest BCUT2D eigenvalue weighted by molar-refractivity contribution is 5.86. The van der Waals surface area contributed by atoms with Crippen molar-refractivity contribution >= 4 is 17.5 Å². The maximum atomic E-state index is 13.2. The Bertz CT molecular complexity index is 984. The van der Waals surface area contributed by atoms with Gasteiger partial charge in [-0.2, -0.15) is 0 Å². The highest BCUT2D eigenvalue weighted by Gasteiger charge is 2.24. The van der Waals surface area contributed by atoms with Crippen molar-refractivity contribution in [2.24, 2.45) is 0 Å². The summed E-state index contributed by atoms with van der Waals surface area (Å²) < 4.78 is 17.9. The second-order valence-corrected chi connectivity index (χ2v) is 6.77. The lowest BCUT2D eigenvalue weighted by atomic mass is 10.3. The van der Waals surface area contributed by atoms with Crippen LogP contribution < -0.4 is 21.9 Å². The molecule has 1 aliphatic heterocycles. The summed E-state index contributed by atoms with van der Waals surface area (Å²) in [6.07, 6.45) is 1.62. The molecule has 0 amide bonds. The summed E-state index contributed by atoms with van der Waals surface area (Å²) in [5.41, 5.74) is 5.57. The fraction of sp³-hybridized carbons (Fsp3) is 0.526. The van der Waals surface area contributed by atoms with Gasteiger partial charge in [0.1, 0.15) is 17.3 Å². The SMILES string of the molecule is CCCCn1c(N)c(N2CCOCC2)c(=O)n(Cc2ccc(C(=O)OC)o2)c1=O. The first-order chi connectivity index (χ1) is 14.0. The summed E-state index contributed by atoms with van der Waals surface area (Å²) >= 11 is 0. The van der Waals surface area contributed by atoms with Gasteiger partial charge >= 0.3 is 11.7 Å². The molecule has 3 rings (SSSR count). The Morgan fingerprint density at radius 1 is 1.21 bits per heavy atom. The van der Waals surface area contributed by atoms with Gasteiger partial charge in [0, 0.05) is 19.6 Å². The second kappa shape index (κ2) is 8.99. The first-order valence-corrected chi connectivity index (χ1v) is 9.60. The minimum atomic E-state index is -0.629. The number of furan rings is 1. The third kappa shape index (κ3) is 4.21. The van der Waals surface area contributed by atoms with Gasteiger partial charge in [0.05, 0.1) is 26.9 Å². The molecule has 0 bridgehead atoms. The van der Waals surface area contributed by atoms with E-state index in [2.05, 4.69) is 4.74 Å². The third-order valence-electron chi connectivity index (χ3n) is 4.87. The van der Waals surface area contributed by atoms with E-state index in [1.807, 2.05) is 11.8 Å². The van der Waals surface area contributed by atoms with Crippen LogP contribution in [0.2, 0.25) is 0 Å². The lowest BCUT2D eigenvalue weighted by Gasteiger charge is -2.30. The van der Waals surface area contributed by atoms with Crippen LogP contribution in [0.5, 0.6) is 0 Å². The van der Waals surface area contributed by atoms with Gasteiger partial charge in [-0.25, -0.2) is 9.59 Å². The quantitative estimate of drug-likeness (QED) is 0.666. The van der Waals surface area contributed by atoms with E-state index in [1.165, 1.54) is 17.7 Å². The maximum Gasteiger partial charge on any atom is 0.373 e. The number of nitrogens with zero attached hydrogens (tertiary/aromatic N) is 3. The standard InChI is InChI=1S/C19H26N4O6/c1-3-4-7-22-16(20)15(21-8-10-28-11-9-21)17(24)23(19(22)26)12-13-5-6-14(29-13)18(25)27-2/h5-6H,3-4,7-12,20H2,1-2H3. The summed E-state index contributed by atoms with van der Waals surface area (Å²) in [4.78, 5) is 39.7. The summed E-state index contributed by atoms with van der Waals surface area (Å²) in [6, 6.07) is 2.99. The number of unbranched alkanes of at least 4 members (excludes halogenated alkanes) is 1. The Kier molecular flexibility index (Phi) is 6.42. The van der Waals surface area contributed by atoms with Gasteiger partial charge < -0.3 is 24.5 Å². The first-order valence-electron chi connectivity index (χ1n) is 9.60. The van der Waals surface area contributed by atoms with Gasteiger partial charge in [0.15, 0.2) is 0 Å². The monoisotopic (exact) mass is 406 g/mol. The predicted molar refractivity (Wildman–Crippen MR) is 106 cm³/mol. The molecule has 2 aromatic heterocycles. The van der Waals surface area contributed by atoms with Crippen molar-refractivity contribution in [3.05, 3.63) is 44.5 Å². The molecule has 10 nitrogen and oxygen atoms in total. The normalized spacial score (nSPS) is 14.2. The molecule has 10 heteroatoms. The molecule has 0 atom stereocenters. The highest BCUT2D eigenvalue weighted by Crippen LogP contribution is 2.19. The fourth-order valence-corrected chi connectivity index (χ4v) is 3.29. The van der Waals surface area contributed by atoms with Crippen molar-refractivity contribution in [2.45, 2.75) is 32.9 Å². The van der Waals surface area contributed by atoms with Crippen molar-refractivity contribution in [2.75, 3.05) is 44.0 Å². The number of nitrogen functional groups attached to an aromatic ring is 1. The summed E-state index contributed by atoms with van der Waals surface area (Å²) in [6.45, 7) is 4.29. The molecule has 3 heterocycles. The molecule has 1 saturated heterocycles. The van der Waals surface area contributed by atoms with Crippen molar-refractivity contribution in [1.29, 1.82) is 0 Å². The van der Waals surface area contributed by atoms with Crippen molar-refractivity contribution in [3.63, 3.8) is 0 Å². The fourth-order valence-electron chi connectivity index (χ4n) is 3.29. The molecular weight excluding hydrogens is 380 g/mol. The van der Waals surface area contributed by atoms with Crippen LogP contribution >= 0.6 is 0 Å². The number of carbonyl (C=O) groups is 1. The predicted octanol–water partition coefficient (Wildman–Crippen LogP) is 0.657. The van der Waals surface area contributed by atoms with E-state index in [4.69, 9.17) is 14.9 Å². The van der Waals surface area contributed by atoms with Crippen LogP contribution in [0, 0.1) is 0 Å². The average Bonchev–Trinajstić information content (AvgIpc) is 3.20. The number of methoxy groups -OCH3 is 1. The smallest absolute Gasteiger partial charge is 0.373 e. The Labute approximate surface area is 167 Å². The number of anilines is 2. The van der Waals surface area contributed by atoms with Crippen LogP contribution in [0.15, 0.2) is 26.1 Å². The zero-order valence-corrected chi connectivity index (χ0v) is 16.7. The van der Waals surface area contributed by atoms with Gasteiger partial charge in [-0.3, -0.25) is 13.9 Å². The largest absolute Gasteiger partial charge is 0.463 e. The zero-order valence-electron chi connectivity index (χ0n) is 16.7. The molecule has 0 aliphatic carbocycles. The number of rotatable bonds is 7. The zero-order chi connectivity index (χ0) is 21.0. The van der Waals surface area contributed by atoms with Gasteiger partial charge in [-0.1, -0.05) is 13.3 Å². The first kappa shape index (κ1) is 20.7. The number of nitrogens with two attached hydrogens (primary N) is 1. The Balaban J connectivity index is 2.07. The van der Waals surface area contributed by atoms with Crippen molar-refractivity contribution in [3.8, 4) is 0 Å². The second-order valence-electron chi connectivity index (χ2n) is 6.77. The topological polar surface area (TPSA) is 122 Å². The van der Waals surface area contributed by atoms with Crippen LogP contribution in [-0.4, -0.2) is 48.5 Å². The molecule has 1 aliphatic rings. The molecule has 0 radical (unpaired) electrons. The molecule has 158 valence electrons. The van der Waals surface area contributed by atoms with Gasteiger partial charge in [0.25, 0.3) is 5.56 Å². The number of ether oxygens (including phenoxy) is 2. The summed E-state index contributed by atoms with van der Waals surface area (Å²) in [5.74, 6) is -0.161. The molecule has 0 saturated carbocycles. The van der Waals surface area contributed by atoms with Crippen LogP contribution in [0.1, 0.15) is 36.1 Å². The number of hydrogen-bond donors (Lipinski definition) is 1. The number of hydrogen-bond acceptors (Lipinski definition) is 8. The molecule has 2 aromatic rings. The van der Waals surface area contributed by atoms with Crippen LogP contribution in [0.4, 0.5) is 11.5 Å². The molecule has 29 heavy (non-hydrogen) atoms. The number of morpholine rings is 1. The van der Waals surface area contributed by atoms with E-state index < -0.39 is 17.2 Å². The van der Waals surface area contributed by atoms with Crippen molar-refractivity contribution in [1.82, 2.24) is 9.13 Å². The van der Waals surface area contributed by atoms with Crippen LogP contribution in [0.3, 0.4) is 0 Å². The number of aromatic nitrogens is 2. The lowest BCUT2D eigenvalue weighted by Crippen LogP contribution is -2.47. The minimum absolute atomic E-state index is 0.00528. The molecule has 0 unspecified atom stereocenters. The van der Waals surface area contributed by atoms with E-state index in [9.17, 15) is 14.4 Å². The lowest BCUT2D eigenvalue weighted by molar-refractivity contribution is 0.0563. The van der Waals surface area contributed by atoms with E-state index >= 15 is 0 Å². The molecule has 0 aromatic carbocycles. The molecule has 0 spiro atoms. The molecule has 1 fully saturated rings. The van der Waals surface area contributed by atoms with E-state index in [-0.39, 0.29) is 18.1 Å². The third-order valence-corrected chi connectivity index (χ3v) is 4.87. The summed E-state index contributed by atoms with van der Waals surface area (Å²) in [7, 11) is 1.25. The Hall–Kier alpha value is -3.01. The van der Waals surface area contributed by atoms with Crippen molar-refractivity contribution < 1.29 is 18.7 Å². The van der Waals surface area contributed by atoms with Gasteiger partial charge in [0.2, 0.25) is 5.76 Å². The minimum Gasteiger partial charge on any atom is -0.463 e.